The Bertz CT molecular complexity index is 746. The number of carbonyl (C=O) groups excluding carboxylic acids is 1. The highest BCUT2D eigenvalue weighted by atomic mass is 16.2. The van der Waals surface area contributed by atoms with Gasteiger partial charge in [-0.2, -0.15) is 0 Å². The van der Waals surface area contributed by atoms with E-state index in [-0.39, 0.29) is 23.9 Å². The summed E-state index contributed by atoms with van der Waals surface area (Å²) in [6.45, 7) is 3.51. The van der Waals surface area contributed by atoms with Crippen molar-refractivity contribution < 1.29 is 4.79 Å². The van der Waals surface area contributed by atoms with Crippen molar-refractivity contribution in [2.75, 3.05) is 26.2 Å². The Labute approximate surface area is 167 Å². The van der Waals surface area contributed by atoms with Crippen molar-refractivity contribution in [2.45, 2.75) is 31.3 Å². The van der Waals surface area contributed by atoms with E-state index in [4.69, 9.17) is 0 Å². The lowest BCUT2D eigenvalue weighted by atomic mass is 9.94. The van der Waals surface area contributed by atoms with Gasteiger partial charge in [-0.05, 0) is 37.1 Å². The number of hydrogen-bond donors (Lipinski definition) is 3. The predicted molar refractivity (Wildman–Crippen MR) is 111 cm³/mol. The highest BCUT2D eigenvalue weighted by Gasteiger charge is 2.34. The molecule has 0 aliphatic carbocycles. The zero-order valence-electron chi connectivity index (χ0n) is 16.3. The fourth-order valence-electron chi connectivity index (χ4n) is 4.41. The molecule has 5 heteroatoms. The van der Waals surface area contributed by atoms with Gasteiger partial charge in [0, 0.05) is 13.1 Å². The molecule has 2 aliphatic rings. The van der Waals surface area contributed by atoms with Gasteiger partial charge in [0.2, 0.25) is 5.91 Å². The summed E-state index contributed by atoms with van der Waals surface area (Å²) < 4.78 is 0. The highest BCUT2D eigenvalue weighted by molar-refractivity contribution is 5.80. The Morgan fingerprint density at radius 3 is 2.39 bits per heavy atom. The van der Waals surface area contributed by atoms with Crippen LogP contribution in [-0.4, -0.2) is 37.0 Å². The standard InChI is InChI=1S/C23H30N4O/c28-23(20-16-25-26-22(20)19-12-6-2-7-13-19)24-17-21(18-10-4-1-5-11-18)27-14-8-3-9-15-27/h1-2,4-7,10-13,20-22,25-26H,3,8-9,14-17H2,(H,24,28). The van der Waals surface area contributed by atoms with Crippen molar-refractivity contribution in [3.05, 3.63) is 71.8 Å². The molecular formula is C23H30N4O. The Kier molecular flexibility index (Phi) is 6.37. The Morgan fingerprint density at radius 2 is 1.68 bits per heavy atom. The van der Waals surface area contributed by atoms with Crippen molar-refractivity contribution >= 4 is 5.91 Å². The third-order valence-electron chi connectivity index (χ3n) is 5.96. The third kappa shape index (κ3) is 4.43. The molecule has 2 fully saturated rings. The summed E-state index contributed by atoms with van der Waals surface area (Å²) in [5, 5.41) is 3.26. The van der Waals surface area contributed by atoms with E-state index in [2.05, 4.69) is 63.5 Å². The van der Waals surface area contributed by atoms with E-state index in [1.807, 2.05) is 18.2 Å². The lowest BCUT2D eigenvalue weighted by Crippen LogP contribution is -2.43. The van der Waals surface area contributed by atoms with E-state index in [0.29, 0.717) is 13.1 Å². The summed E-state index contributed by atoms with van der Waals surface area (Å²) in [4.78, 5) is 15.6. The molecule has 3 atom stereocenters. The average Bonchev–Trinajstić information content (AvgIpc) is 3.26. The van der Waals surface area contributed by atoms with Gasteiger partial charge in [0.25, 0.3) is 0 Å². The Balaban J connectivity index is 1.43. The molecule has 1 amide bonds. The van der Waals surface area contributed by atoms with Gasteiger partial charge in [-0.3, -0.25) is 15.1 Å². The van der Waals surface area contributed by atoms with Crippen molar-refractivity contribution in [2.24, 2.45) is 5.92 Å². The molecule has 5 nitrogen and oxygen atoms in total. The van der Waals surface area contributed by atoms with Crippen LogP contribution in [0.3, 0.4) is 0 Å². The smallest absolute Gasteiger partial charge is 0.226 e. The van der Waals surface area contributed by atoms with Crippen LogP contribution in [0.1, 0.15) is 42.5 Å². The molecule has 2 heterocycles. The van der Waals surface area contributed by atoms with Crippen LogP contribution in [0.4, 0.5) is 0 Å². The minimum atomic E-state index is -0.111. The predicted octanol–water partition coefficient (Wildman–Crippen LogP) is 2.80. The van der Waals surface area contributed by atoms with E-state index in [0.717, 1.165) is 18.7 Å². The second-order valence-corrected chi connectivity index (χ2v) is 7.79. The summed E-state index contributed by atoms with van der Waals surface area (Å²) in [7, 11) is 0. The van der Waals surface area contributed by atoms with E-state index in [1.54, 1.807) is 0 Å². The maximum atomic E-state index is 13.0. The molecule has 3 unspecified atom stereocenters. The van der Waals surface area contributed by atoms with Crippen molar-refractivity contribution in [3.8, 4) is 0 Å². The first kappa shape index (κ1) is 19.1. The molecule has 0 saturated carbocycles. The lowest BCUT2D eigenvalue weighted by molar-refractivity contribution is -0.125. The first-order chi connectivity index (χ1) is 13.8. The minimum Gasteiger partial charge on any atom is -0.354 e. The molecule has 0 aromatic heterocycles. The van der Waals surface area contributed by atoms with Gasteiger partial charge in [-0.25, -0.2) is 5.43 Å². The fourth-order valence-corrected chi connectivity index (χ4v) is 4.41. The number of likely N-dealkylation sites (tertiary alicyclic amines) is 1. The zero-order chi connectivity index (χ0) is 19.2. The van der Waals surface area contributed by atoms with E-state index < -0.39 is 0 Å². The van der Waals surface area contributed by atoms with E-state index >= 15 is 0 Å². The van der Waals surface area contributed by atoms with Gasteiger partial charge < -0.3 is 5.32 Å². The van der Waals surface area contributed by atoms with Gasteiger partial charge in [0.05, 0.1) is 18.0 Å². The van der Waals surface area contributed by atoms with Crippen molar-refractivity contribution in [1.29, 1.82) is 0 Å². The summed E-state index contributed by atoms with van der Waals surface area (Å²) in [6.07, 6.45) is 3.79. The summed E-state index contributed by atoms with van der Waals surface area (Å²) in [5.41, 5.74) is 8.85. The van der Waals surface area contributed by atoms with Crippen LogP contribution in [0.5, 0.6) is 0 Å². The number of amides is 1. The van der Waals surface area contributed by atoms with Gasteiger partial charge in [0.1, 0.15) is 0 Å². The van der Waals surface area contributed by atoms with Gasteiger partial charge in [-0.1, -0.05) is 67.1 Å². The number of carbonyl (C=O) groups is 1. The molecule has 148 valence electrons. The first-order valence-corrected chi connectivity index (χ1v) is 10.4. The Morgan fingerprint density at radius 1 is 1.00 bits per heavy atom. The lowest BCUT2D eigenvalue weighted by Gasteiger charge is -2.35. The van der Waals surface area contributed by atoms with Crippen molar-refractivity contribution in [3.63, 3.8) is 0 Å². The van der Waals surface area contributed by atoms with Crippen LogP contribution < -0.4 is 16.2 Å². The maximum Gasteiger partial charge on any atom is 0.226 e. The van der Waals surface area contributed by atoms with Crippen LogP contribution in [0.2, 0.25) is 0 Å². The highest BCUT2D eigenvalue weighted by Crippen LogP contribution is 2.27. The second kappa shape index (κ2) is 9.32. The van der Waals surface area contributed by atoms with Gasteiger partial charge >= 0.3 is 0 Å². The number of benzene rings is 2. The van der Waals surface area contributed by atoms with Crippen molar-refractivity contribution in [1.82, 2.24) is 21.1 Å². The van der Waals surface area contributed by atoms with Gasteiger partial charge in [-0.15, -0.1) is 0 Å². The van der Waals surface area contributed by atoms with Crippen LogP contribution in [-0.2, 0) is 4.79 Å². The largest absolute Gasteiger partial charge is 0.354 e. The second-order valence-electron chi connectivity index (χ2n) is 7.79. The molecule has 2 aromatic rings. The summed E-state index contributed by atoms with van der Waals surface area (Å²) in [6, 6.07) is 21.0. The summed E-state index contributed by atoms with van der Waals surface area (Å²) >= 11 is 0. The monoisotopic (exact) mass is 378 g/mol. The molecule has 2 aliphatic heterocycles. The van der Waals surface area contributed by atoms with Crippen LogP contribution >= 0.6 is 0 Å². The summed E-state index contributed by atoms with van der Waals surface area (Å²) in [5.74, 6) is 0.00414. The number of piperidine rings is 1. The molecule has 2 aromatic carbocycles. The molecule has 0 spiro atoms. The molecule has 28 heavy (non-hydrogen) atoms. The number of nitrogens with zero attached hydrogens (tertiary/aromatic N) is 1. The number of hydrazine groups is 1. The topological polar surface area (TPSA) is 56.4 Å². The number of hydrogen-bond acceptors (Lipinski definition) is 4. The zero-order valence-corrected chi connectivity index (χ0v) is 16.3. The SMILES string of the molecule is O=C(NCC(c1ccccc1)N1CCCCC1)C1CNNC1c1ccccc1. The molecule has 0 bridgehead atoms. The molecule has 0 radical (unpaired) electrons. The minimum absolute atomic E-state index is 0.00589. The number of nitrogens with one attached hydrogen (secondary N) is 3. The maximum absolute atomic E-state index is 13.0. The first-order valence-electron chi connectivity index (χ1n) is 10.4. The van der Waals surface area contributed by atoms with Gasteiger partial charge in [0.15, 0.2) is 0 Å². The van der Waals surface area contributed by atoms with E-state index in [9.17, 15) is 4.79 Å². The molecule has 3 N–H and O–H groups in total. The quantitative estimate of drug-likeness (QED) is 0.724. The molecular weight excluding hydrogens is 348 g/mol. The molecule has 2 saturated heterocycles. The number of rotatable bonds is 6. The fraction of sp³-hybridized carbons (Fsp3) is 0.435. The normalized spacial score (nSPS) is 24.0. The van der Waals surface area contributed by atoms with Crippen LogP contribution in [0.15, 0.2) is 60.7 Å². The van der Waals surface area contributed by atoms with Crippen LogP contribution in [0, 0.1) is 5.92 Å². The Hall–Kier alpha value is -2.21. The third-order valence-corrected chi connectivity index (χ3v) is 5.96. The van der Waals surface area contributed by atoms with Crippen LogP contribution in [0.25, 0.3) is 0 Å². The molecule has 4 rings (SSSR count). The van der Waals surface area contributed by atoms with E-state index in [1.165, 1.54) is 24.8 Å². The average molecular weight is 379 g/mol.